The minimum absolute atomic E-state index is 0.433. The molecule has 0 saturated heterocycles. The Labute approximate surface area is 132 Å². The van der Waals surface area contributed by atoms with E-state index in [-0.39, 0.29) is 0 Å². The van der Waals surface area contributed by atoms with Crippen LogP contribution in [0, 0.1) is 11.5 Å². The maximum absolute atomic E-state index is 12.4. The van der Waals surface area contributed by atoms with Crippen molar-refractivity contribution in [2.45, 2.75) is 46.0 Å². The quantitative estimate of drug-likeness (QED) is 0.544. The zero-order chi connectivity index (χ0) is 16.5. The lowest BCUT2D eigenvalue weighted by Gasteiger charge is -2.19. The molecule has 2 aromatic heterocycles. The number of aromatic nitrogens is 2. The maximum Gasteiger partial charge on any atom is 0.420 e. The number of nitrogens with zero attached hydrogens (tertiary/aromatic N) is 2. The van der Waals surface area contributed by atoms with Crippen LogP contribution in [0.4, 0.5) is 4.79 Å². The maximum atomic E-state index is 12.4. The highest BCUT2D eigenvalue weighted by atomic mass is 28.3. The van der Waals surface area contributed by atoms with E-state index in [1.807, 2.05) is 32.9 Å². The molecular formula is C17H22N2O2Si. The molecule has 2 aromatic rings. The summed E-state index contributed by atoms with van der Waals surface area (Å²) in [6.07, 6.45) is 2.95. The topological polar surface area (TPSA) is 44.1 Å². The lowest BCUT2D eigenvalue weighted by Crippen LogP contribution is -2.26. The number of hydrogen-bond acceptors (Lipinski definition) is 3. The van der Waals surface area contributed by atoms with Gasteiger partial charge < -0.3 is 4.74 Å². The molecule has 0 N–H and O–H groups in total. The van der Waals surface area contributed by atoms with Gasteiger partial charge in [0.2, 0.25) is 0 Å². The van der Waals surface area contributed by atoms with Gasteiger partial charge in [0.05, 0.1) is 5.56 Å². The van der Waals surface area contributed by atoms with Gasteiger partial charge in [-0.3, -0.25) is 0 Å². The number of ether oxygens (including phenoxy) is 1. The SMILES string of the molecule is CC(C)(C)OC(=O)n1cc(C#C[Si](C)(C)C)c2cccnc21. The molecule has 0 unspecified atom stereocenters. The fourth-order valence-electron chi connectivity index (χ4n) is 1.86. The molecule has 0 aliphatic heterocycles. The molecule has 0 spiro atoms. The van der Waals surface area contributed by atoms with Gasteiger partial charge in [-0.15, -0.1) is 5.54 Å². The van der Waals surface area contributed by atoms with Crippen molar-refractivity contribution >= 4 is 25.2 Å². The van der Waals surface area contributed by atoms with Crippen molar-refractivity contribution in [3.63, 3.8) is 0 Å². The van der Waals surface area contributed by atoms with Gasteiger partial charge in [0.25, 0.3) is 0 Å². The zero-order valence-corrected chi connectivity index (χ0v) is 15.0. The largest absolute Gasteiger partial charge is 0.443 e. The summed E-state index contributed by atoms with van der Waals surface area (Å²) >= 11 is 0. The molecule has 0 radical (unpaired) electrons. The van der Waals surface area contributed by atoms with Crippen molar-refractivity contribution in [3.8, 4) is 11.5 Å². The van der Waals surface area contributed by atoms with E-state index in [1.54, 1.807) is 12.4 Å². The van der Waals surface area contributed by atoms with Crippen molar-refractivity contribution in [2.75, 3.05) is 0 Å². The average molecular weight is 314 g/mol. The molecule has 0 amide bonds. The molecular weight excluding hydrogens is 292 g/mol. The van der Waals surface area contributed by atoms with Gasteiger partial charge in [-0.1, -0.05) is 25.6 Å². The third kappa shape index (κ3) is 3.98. The molecule has 0 fully saturated rings. The minimum Gasteiger partial charge on any atom is -0.443 e. The number of fused-ring (bicyclic) bond motifs is 1. The van der Waals surface area contributed by atoms with Crippen LogP contribution < -0.4 is 0 Å². The second kappa shape index (κ2) is 5.62. The molecule has 22 heavy (non-hydrogen) atoms. The molecule has 116 valence electrons. The van der Waals surface area contributed by atoms with Crippen LogP contribution in [-0.2, 0) is 4.74 Å². The number of pyridine rings is 1. The Hall–Kier alpha value is -2.06. The summed E-state index contributed by atoms with van der Waals surface area (Å²) < 4.78 is 6.87. The molecule has 0 bridgehead atoms. The van der Waals surface area contributed by atoms with Crippen molar-refractivity contribution < 1.29 is 9.53 Å². The van der Waals surface area contributed by atoms with Crippen LogP contribution in [0.15, 0.2) is 24.5 Å². The second-order valence-corrected chi connectivity index (χ2v) is 12.0. The average Bonchev–Trinajstić information content (AvgIpc) is 2.72. The Morgan fingerprint density at radius 1 is 1.32 bits per heavy atom. The van der Waals surface area contributed by atoms with Crippen molar-refractivity contribution in [1.29, 1.82) is 0 Å². The molecule has 2 heterocycles. The van der Waals surface area contributed by atoms with Gasteiger partial charge in [-0.05, 0) is 32.9 Å². The standard InChI is InChI=1S/C17H22N2O2Si/c1-17(2,3)21-16(20)19-12-13(9-11-22(4,5)6)14-8-7-10-18-15(14)19/h7-8,10,12H,1-6H3. The lowest BCUT2D eigenvalue weighted by atomic mass is 10.2. The smallest absolute Gasteiger partial charge is 0.420 e. The van der Waals surface area contributed by atoms with Crippen LogP contribution in [0.5, 0.6) is 0 Å². The highest BCUT2D eigenvalue weighted by molar-refractivity contribution is 6.83. The number of carbonyl (C=O) groups is 1. The first kappa shape index (κ1) is 16.3. The van der Waals surface area contributed by atoms with Gasteiger partial charge >= 0.3 is 6.09 Å². The molecule has 0 atom stereocenters. The predicted octanol–water partition coefficient (Wildman–Crippen LogP) is 4.05. The fourth-order valence-corrected chi connectivity index (χ4v) is 2.37. The monoisotopic (exact) mass is 314 g/mol. The van der Waals surface area contributed by atoms with E-state index in [0.717, 1.165) is 10.9 Å². The minimum atomic E-state index is -1.49. The Kier molecular flexibility index (Phi) is 4.16. The molecule has 5 heteroatoms. The first-order valence-corrected chi connectivity index (χ1v) is 10.8. The van der Waals surface area contributed by atoms with Crippen LogP contribution in [0.1, 0.15) is 26.3 Å². The summed E-state index contributed by atoms with van der Waals surface area (Å²) in [7, 11) is -1.49. The Bertz CT molecular complexity index is 768. The van der Waals surface area contributed by atoms with E-state index >= 15 is 0 Å². The van der Waals surface area contributed by atoms with Gasteiger partial charge in [-0.25, -0.2) is 14.3 Å². The van der Waals surface area contributed by atoms with Gasteiger partial charge in [0, 0.05) is 17.8 Å². The normalized spacial score (nSPS) is 11.9. The molecule has 0 aliphatic carbocycles. The zero-order valence-electron chi connectivity index (χ0n) is 14.0. The Morgan fingerprint density at radius 2 is 2.00 bits per heavy atom. The van der Waals surface area contributed by atoms with Gasteiger partial charge in [-0.2, -0.15) is 0 Å². The van der Waals surface area contributed by atoms with E-state index in [0.29, 0.717) is 5.65 Å². The van der Waals surface area contributed by atoms with E-state index < -0.39 is 19.8 Å². The van der Waals surface area contributed by atoms with Crippen molar-refractivity contribution in [1.82, 2.24) is 9.55 Å². The summed E-state index contributed by atoms with van der Waals surface area (Å²) in [6.45, 7) is 12.1. The highest BCUT2D eigenvalue weighted by Crippen LogP contribution is 2.20. The van der Waals surface area contributed by atoms with E-state index in [1.165, 1.54) is 4.57 Å². The van der Waals surface area contributed by atoms with Gasteiger partial charge in [0.1, 0.15) is 13.7 Å². The molecule has 0 aliphatic rings. The third-order valence-corrected chi connectivity index (χ3v) is 3.60. The molecule has 0 aromatic carbocycles. The van der Waals surface area contributed by atoms with E-state index in [4.69, 9.17) is 4.74 Å². The van der Waals surface area contributed by atoms with Crippen LogP contribution in [0.3, 0.4) is 0 Å². The third-order valence-electron chi connectivity index (χ3n) is 2.73. The first-order chi connectivity index (χ1) is 10.1. The summed E-state index contributed by atoms with van der Waals surface area (Å²) in [6, 6.07) is 3.78. The van der Waals surface area contributed by atoms with Crippen LogP contribution >= 0.6 is 0 Å². The predicted molar refractivity (Wildman–Crippen MR) is 91.6 cm³/mol. The summed E-state index contributed by atoms with van der Waals surface area (Å²) in [5.41, 5.74) is 4.17. The number of rotatable bonds is 0. The molecule has 2 rings (SSSR count). The van der Waals surface area contributed by atoms with Crippen molar-refractivity contribution in [2.24, 2.45) is 0 Å². The second-order valence-electron chi connectivity index (χ2n) is 7.27. The summed E-state index contributed by atoms with van der Waals surface area (Å²) in [4.78, 5) is 16.7. The summed E-state index contributed by atoms with van der Waals surface area (Å²) in [5.74, 6) is 3.21. The first-order valence-electron chi connectivity index (χ1n) is 7.29. The highest BCUT2D eigenvalue weighted by Gasteiger charge is 2.21. The number of carbonyl (C=O) groups excluding carboxylic acids is 1. The van der Waals surface area contributed by atoms with E-state index in [9.17, 15) is 4.79 Å². The molecule has 4 nitrogen and oxygen atoms in total. The summed E-state index contributed by atoms with van der Waals surface area (Å²) in [5, 5.41) is 0.874. The van der Waals surface area contributed by atoms with Crippen molar-refractivity contribution in [3.05, 3.63) is 30.1 Å². The number of hydrogen-bond donors (Lipinski definition) is 0. The van der Waals surface area contributed by atoms with Crippen LogP contribution in [-0.4, -0.2) is 29.3 Å². The van der Waals surface area contributed by atoms with E-state index in [2.05, 4.69) is 36.1 Å². The van der Waals surface area contributed by atoms with Crippen LogP contribution in [0.2, 0.25) is 19.6 Å². The van der Waals surface area contributed by atoms with Gasteiger partial charge in [0.15, 0.2) is 5.65 Å². The fraction of sp³-hybridized carbons (Fsp3) is 0.412. The Morgan fingerprint density at radius 3 is 2.59 bits per heavy atom. The van der Waals surface area contributed by atoms with Crippen LogP contribution in [0.25, 0.3) is 11.0 Å². The lowest BCUT2D eigenvalue weighted by molar-refractivity contribution is 0.0543. The molecule has 0 saturated carbocycles. The Balaban J connectivity index is 2.53.